The summed E-state index contributed by atoms with van der Waals surface area (Å²) in [4.78, 5) is 13.0. The molecule has 30 heavy (non-hydrogen) atoms. The van der Waals surface area contributed by atoms with E-state index in [0.717, 1.165) is 53.5 Å². The Morgan fingerprint density at radius 2 is 1.77 bits per heavy atom. The molecule has 1 N–H and O–H groups in total. The SMILES string of the molecule is COC1CCC2(CC1)CC(=O)C(c1cc(C)c(-c3cccc(C#N)c3)cc1C)=C2O. The van der Waals surface area contributed by atoms with Crippen LogP contribution in [0.4, 0.5) is 0 Å². The van der Waals surface area contributed by atoms with Gasteiger partial charge in [0.25, 0.3) is 0 Å². The van der Waals surface area contributed by atoms with Crippen molar-refractivity contribution < 1.29 is 14.6 Å². The Bertz CT molecular complexity index is 1080. The second-order valence-corrected chi connectivity index (χ2v) is 8.71. The molecule has 0 bridgehead atoms. The van der Waals surface area contributed by atoms with Gasteiger partial charge in [-0.1, -0.05) is 24.3 Å². The molecule has 4 nitrogen and oxygen atoms in total. The highest BCUT2D eigenvalue weighted by Gasteiger charge is 2.48. The van der Waals surface area contributed by atoms with Crippen LogP contribution in [0.15, 0.2) is 42.2 Å². The molecule has 0 atom stereocenters. The third kappa shape index (κ3) is 3.34. The molecule has 2 aromatic carbocycles. The van der Waals surface area contributed by atoms with E-state index in [2.05, 4.69) is 12.1 Å². The lowest BCUT2D eigenvalue weighted by molar-refractivity contribution is -0.115. The fourth-order valence-corrected chi connectivity index (χ4v) is 5.10. The molecule has 0 heterocycles. The molecule has 4 heteroatoms. The van der Waals surface area contributed by atoms with E-state index in [1.54, 1.807) is 13.2 Å². The number of aliphatic hydroxyl groups is 1. The first-order valence-electron chi connectivity index (χ1n) is 10.5. The number of benzene rings is 2. The number of allylic oxidation sites excluding steroid dienone is 2. The number of ether oxygens (including phenoxy) is 1. The van der Waals surface area contributed by atoms with E-state index in [1.165, 1.54) is 0 Å². The maximum Gasteiger partial charge on any atom is 0.167 e. The van der Waals surface area contributed by atoms with Crippen LogP contribution in [0.1, 0.15) is 54.4 Å². The van der Waals surface area contributed by atoms with Crippen molar-refractivity contribution in [2.75, 3.05) is 7.11 Å². The number of rotatable bonds is 3. The first-order valence-corrected chi connectivity index (χ1v) is 10.5. The van der Waals surface area contributed by atoms with Crippen LogP contribution in [0.5, 0.6) is 0 Å². The summed E-state index contributed by atoms with van der Waals surface area (Å²) in [6, 6.07) is 13.8. The van der Waals surface area contributed by atoms with Crippen molar-refractivity contribution >= 4 is 11.4 Å². The zero-order valence-corrected chi connectivity index (χ0v) is 17.8. The zero-order valence-electron chi connectivity index (χ0n) is 17.8. The smallest absolute Gasteiger partial charge is 0.167 e. The van der Waals surface area contributed by atoms with Crippen molar-refractivity contribution in [2.24, 2.45) is 5.41 Å². The van der Waals surface area contributed by atoms with Crippen LogP contribution in [0.2, 0.25) is 0 Å². The summed E-state index contributed by atoms with van der Waals surface area (Å²) in [6.07, 6.45) is 3.90. The molecule has 0 amide bonds. The highest BCUT2D eigenvalue weighted by atomic mass is 16.5. The Morgan fingerprint density at radius 3 is 2.43 bits per heavy atom. The van der Waals surface area contributed by atoms with Crippen LogP contribution in [-0.2, 0) is 9.53 Å². The molecule has 0 unspecified atom stereocenters. The van der Waals surface area contributed by atoms with Crippen LogP contribution in [0.25, 0.3) is 16.7 Å². The number of nitrogens with zero attached hydrogens (tertiary/aromatic N) is 1. The summed E-state index contributed by atoms with van der Waals surface area (Å²) in [5, 5.41) is 20.4. The number of hydrogen-bond donors (Lipinski definition) is 1. The largest absolute Gasteiger partial charge is 0.511 e. The number of aryl methyl sites for hydroxylation is 2. The topological polar surface area (TPSA) is 70.3 Å². The first-order chi connectivity index (χ1) is 14.4. The molecule has 2 aliphatic carbocycles. The summed E-state index contributed by atoms with van der Waals surface area (Å²) < 4.78 is 5.47. The van der Waals surface area contributed by atoms with Gasteiger partial charge < -0.3 is 9.84 Å². The van der Waals surface area contributed by atoms with Crippen molar-refractivity contribution in [3.63, 3.8) is 0 Å². The molecule has 4 rings (SSSR count). The quantitative estimate of drug-likeness (QED) is 0.720. The fourth-order valence-electron chi connectivity index (χ4n) is 5.10. The number of aliphatic hydroxyl groups excluding tert-OH is 1. The van der Waals surface area contributed by atoms with E-state index >= 15 is 0 Å². The van der Waals surface area contributed by atoms with Crippen LogP contribution >= 0.6 is 0 Å². The van der Waals surface area contributed by atoms with E-state index in [1.807, 2.05) is 38.1 Å². The number of ketones is 1. The Morgan fingerprint density at radius 1 is 1.10 bits per heavy atom. The minimum absolute atomic E-state index is 0.0325. The fraction of sp³-hybridized carbons (Fsp3) is 0.385. The maximum absolute atomic E-state index is 13.0. The molecule has 1 saturated carbocycles. The second-order valence-electron chi connectivity index (χ2n) is 8.71. The number of nitriles is 1. The van der Waals surface area contributed by atoms with Gasteiger partial charge in [-0.15, -0.1) is 0 Å². The van der Waals surface area contributed by atoms with Gasteiger partial charge in [-0.25, -0.2) is 0 Å². The molecule has 2 aromatic rings. The number of Topliss-reactive ketones (excluding diaryl/α,β-unsaturated/α-hetero) is 1. The lowest BCUT2D eigenvalue weighted by Crippen LogP contribution is -2.31. The van der Waals surface area contributed by atoms with Crippen LogP contribution < -0.4 is 0 Å². The van der Waals surface area contributed by atoms with Crippen LogP contribution in [0, 0.1) is 30.6 Å². The normalized spacial score (nSPS) is 23.8. The molecule has 0 saturated heterocycles. The standard InChI is InChI=1S/C26H27NO3/c1-16-12-22(17(2)11-21(16)19-6-4-5-18(13-19)15-27)24-23(28)14-26(25(24)29)9-7-20(30-3)8-10-26/h4-6,11-13,20,29H,7-10,14H2,1-3H3. The highest BCUT2D eigenvalue weighted by Crippen LogP contribution is 2.53. The Labute approximate surface area is 177 Å². The van der Waals surface area contributed by atoms with E-state index in [-0.39, 0.29) is 17.6 Å². The van der Waals surface area contributed by atoms with E-state index in [9.17, 15) is 15.2 Å². The van der Waals surface area contributed by atoms with Crippen molar-refractivity contribution in [1.29, 1.82) is 5.26 Å². The monoisotopic (exact) mass is 401 g/mol. The zero-order chi connectivity index (χ0) is 21.5. The van der Waals surface area contributed by atoms with Gasteiger partial charge in [0.05, 0.1) is 23.3 Å². The first kappa shape index (κ1) is 20.4. The van der Waals surface area contributed by atoms with E-state index < -0.39 is 5.41 Å². The van der Waals surface area contributed by atoms with Gasteiger partial charge in [0.2, 0.25) is 0 Å². The minimum Gasteiger partial charge on any atom is -0.511 e. The van der Waals surface area contributed by atoms with Gasteiger partial charge in [0.1, 0.15) is 5.76 Å². The second kappa shape index (κ2) is 7.74. The van der Waals surface area contributed by atoms with Crippen molar-refractivity contribution in [3.8, 4) is 17.2 Å². The van der Waals surface area contributed by atoms with Gasteiger partial charge in [-0.2, -0.15) is 5.26 Å². The number of methoxy groups -OCH3 is 1. The van der Waals surface area contributed by atoms with Crippen LogP contribution in [-0.4, -0.2) is 24.1 Å². The Hall–Kier alpha value is -2.90. The van der Waals surface area contributed by atoms with Crippen molar-refractivity contribution in [3.05, 3.63) is 64.4 Å². The molecule has 0 aliphatic heterocycles. The Balaban J connectivity index is 1.75. The average molecular weight is 402 g/mol. The van der Waals surface area contributed by atoms with E-state index in [0.29, 0.717) is 17.6 Å². The third-order valence-electron chi connectivity index (χ3n) is 6.88. The summed E-state index contributed by atoms with van der Waals surface area (Å²) in [7, 11) is 1.73. The van der Waals surface area contributed by atoms with Gasteiger partial charge in [-0.05, 0) is 79.5 Å². The molecular formula is C26H27NO3. The molecule has 0 aromatic heterocycles. The van der Waals surface area contributed by atoms with Gasteiger partial charge in [-0.3, -0.25) is 4.79 Å². The molecule has 1 fully saturated rings. The summed E-state index contributed by atoms with van der Waals surface area (Å²) in [5.41, 5.74) is 5.49. The number of carbonyl (C=O) groups is 1. The minimum atomic E-state index is -0.429. The number of carbonyl (C=O) groups excluding carboxylic acids is 1. The predicted octanol–water partition coefficient (Wildman–Crippen LogP) is 5.66. The highest BCUT2D eigenvalue weighted by molar-refractivity contribution is 6.24. The lowest BCUT2D eigenvalue weighted by Gasteiger charge is -2.36. The van der Waals surface area contributed by atoms with E-state index in [4.69, 9.17) is 4.74 Å². The summed E-state index contributed by atoms with van der Waals surface area (Å²) in [6.45, 7) is 3.99. The van der Waals surface area contributed by atoms with Crippen molar-refractivity contribution in [2.45, 2.75) is 52.1 Å². The number of hydrogen-bond acceptors (Lipinski definition) is 4. The summed E-state index contributed by atoms with van der Waals surface area (Å²) in [5.74, 6) is 0.300. The molecular weight excluding hydrogens is 374 g/mol. The van der Waals surface area contributed by atoms with Gasteiger partial charge in [0.15, 0.2) is 5.78 Å². The molecule has 154 valence electrons. The van der Waals surface area contributed by atoms with Crippen molar-refractivity contribution in [1.82, 2.24) is 0 Å². The van der Waals surface area contributed by atoms with Gasteiger partial charge in [0, 0.05) is 18.9 Å². The summed E-state index contributed by atoms with van der Waals surface area (Å²) >= 11 is 0. The maximum atomic E-state index is 13.0. The van der Waals surface area contributed by atoms with Gasteiger partial charge >= 0.3 is 0 Å². The average Bonchev–Trinajstić information content (AvgIpc) is 2.99. The van der Waals surface area contributed by atoms with Crippen LogP contribution in [0.3, 0.4) is 0 Å². The molecule has 2 aliphatic rings. The molecule has 0 radical (unpaired) electrons. The lowest BCUT2D eigenvalue weighted by atomic mass is 9.71. The predicted molar refractivity (Wildman–Crippen MR) is 117 cm³/mol. The Kier molecular flexibility index (Phi) is 5.26. The third-order valence-corrected chi connectivity index (χ3v) is 6.88. The molecule has 1 spiro atoms.